The molecule has 104 valence electrons. The smallest absolute Gasteiger partial charge is 0.254 e. The molecule has 0 spiro atoms. The van der Waals surface area contributed by atoms with E-state index in [1.165, 1.54) is 0 Å². The lowest BCUT2D eigenvalue weighted by Gasteiger charge is -2.31. The molecule has 4 nitrogen and oxygen atoms in total. The number of aliphatic hydroxyl groups is 1. The summed E-state index contributed by atoms with van der Waals surface area (Å²) in [4.78, 5) is 14.4. The Morgan fingerprint density at radius 2 is 1.95 bits per heavy atom. The molecule has 1 saturated heterocycles. The maximum atomic E-state index is 12.5. The van der Waals surface area contributed by atoms with E-state index < -0.39 is 0 Å². The van der Waals surface area contributed by atoms with Gasteiger partial charge in [0.15, 0.2) is 0 Å². The summed E-state index contributed by atoms with van der Waals surface area (Å²) in [5, 5.41) is 9.12. The predicted molar refractivity (Wildman–Crippen MR) is 76.0 cm³/mol. The predicted octanol–water partition coefficient (Wildman–Crippen LogP) is 1.73. The minimum atomic E-state index is 0.0561. The number of carbonyl (C=O) groups is 1. The minimum absolute atomic E-state index is 0.0561. The van der Waals surface area contributed by atoms with Crippen LogP contribution in [0.1, 0.15) is 34.3 Å². The van der Waals surface area contributed by atoms with E-state index >= 15 is 0 Å². The van der Waals surface area contributed by atoms with Crippen molar-refractivity contribution in [2.24, 2.45) is 5.92 Å². The highest BCUT2D eigenvalue weighted by molar-refractivity contribution is 5.96. The third kappa shape index (κ3) is 2.89. The third-order valence-electron chi connectivity index (χ3n) is 4.00. The molecular weight excluding hydrogens is 240 g/mol. The summed E-state index contributed by atoms with van der Waals surface area (Å²) in [5.74, 6) is 0.397. The van der Waals surface area contributed by atoms with E-state index in [4.69, 9.17) is 10.8 Å². The fourth-order valence-electron chi connectivity index (χ4n) is 2.59. The Labute approximate surface area is 114 Å². The van der Waals surface area contributed by atoms with Crippen molar-refractivity contribution in [2.45, 2.75) is 26.7 Å². The van der Waals surface area contributed by atoms with E-state index in [1.54, 1.807) is 6.07 Å². The molecule has 1 aromatic rings. The molecule has 4 heteroatoms. The zero-order valence-electron chi connectivity index (χ0n) is 11.6. The summed E-state index contributed by atoms with van der Waals surface area (Å²) in [7, 11) is 0. The lowest BCUT2D eigenvalue weighted by atomic mass is 9.96. The van der Waals surface area contributed by atoms with Crippen LogP contribution >= 0.6 is 0 Å². The van der Waals surface area contributed by atoms with Gasteiger partial charge in [-0.1, -0.05) is 6.07 Å². The maximum absolute atomic E-state index is 12.5. The number of hydrogen-bond donors (Lipinski definition) is 2. The average molecular weight is 262 g/mol. The highest BCUT2D eigenvalue weighted by Crippen LogP contribution is 2.22. The topological polar surface area (TPSA) is 66.6 Å². The van der Waals surface area contributed by atoms with Crippen molar-refractivity contribution in [1.82, 2.24) is 4.90 Å². The first-order valence-electron chi connectivity index (χ1n) is 6.79. The van der Waals surface area contributed by atoms with Crippen molar-refractivity contribution in [3.05, 3.63) is 28.8 Å². The summed E-state index contributed by atoms with van der Waals surface area (Å²) in [6.07, 6.45) is 1.76. The zero-order chi connectivity index (χ0) is 14.0. The number of rotatable bonds is 2. The van der Waals surface area contributed by atoms with Crippen molar-refractivity contribution >= 4 is 11.6 Å². The molecule has 0 aromatic heterocycles. The summed E-state index contributed by atoms with van der Waals surface area (Å²) >= 11 is 0. The first kappa shape index (κ1) is 13.9. The largest absolute Gasteiger partial charge is 0.398 e. The first-order chi connectivity index (χ1) is 9.02. The first-order valence-corrected chi connectivity index (χ1v) is 6.79. The number of piperidine rings is 1. The van der Waals surface area contributed by atoms with Gasteiger partial charge in [0.25, 0.3) is 5.91 Å². The Hall–Kier alpha value is -1.55. The zero-order valence-corrected chi connectivity index (χ0v) is 11.6. The van der Waals surface area contributed by atoms with E-state index in [9.17, 15) is 4.79 Å². The summed E-state index contributed by atoms with van der Waals surface area (Å²) in [6, 6.07) is 3.74. The van der Waals surface area contributed by atoms with Gasteiger partial charge >= 0.3 is 0 Å². The normalized spacial score (nSPS) is 16.7. The fraction of sp³-hybridized carbons (Fsp3) is 0.533. The van der Waals surface area contributed by atoms with Crippen molar-refractivity contribution in [3.8, 4) is 0 Å². The molecule has 1 aromatic carbocycles. The average Bonchev–Trinajstić information content (AvgIpc) is 2.42. The monoisotopic (exact) mass is 262 g/mol. The molecule has 1 aliphatic rings. The Morgan fingerprint density at radius 3 is 2.53 bits per heavy atom. The molecule has 3 N–H and O–H groups in total. The van der Waals surface area contributed by atoms with Gasteiger partial charge in [-0.3, -0.25) is 4.79 Å². The van der Waals surface area contributed by atoms with Gasteiger partial charge in [-0.2, -0.15) is 0 Å². The number of nitrogens with two attached hydrogens (primary N) is 1. The van der Waals surface area contributed by atoms with Crippen molar-refractivity contribution in [1.29, 1.82) is 0 Å². The van der Waals surface area contributed by atoms with Crippen LogP contribution in [0.5, 0.6) is 0 Å². The number of nitrogen functional groups attached to an aromatic ring is 1. The van der Waals surface area contributed by atoms with Crippen LogP contribution in [0.4, 0.5) is 5.69 Å². The third-order valence-corrected chi connectivity index (χ3v) is 4.00. The molecule has 1 aliphatic heterocycles. The lowest BCUT2D eigenvalue weighted by Crippen LogP contribution is -2.39. The Kier molecular flexibility index (Phi) is 4.10. The highest BCUT2D eigenvalue weighted by Gasteiger charge is 2.24. The molecule has 1 heterocycles. The molecular formula is C15H22N2O2. The van der Waals surface area contributed by atoms with Crippen LogP contribution in [0.3, 0.4) is 0 Å². The maximum Gasteiger partial charge on any atom is 0.254 e. The van der Waals surface area contributed by atoms with Gasteiger partial charge in [0, 0.05) is 30.9 Å². The molecule has 1 amide bonds. The van der Waals surface area contributed by atoms with Gasteiger partial charge in [0.1, 0.15) is 0 Å². The van der Waals surface area contributed by atoms with Gasteiger partial charge in [0.2, 0.25) is 0 Å². The molecule has 0 radical (unpaired) electrons. The van der Waals surface area contributed by atoms with Crippen LogP contribution in [-0.2, 0) is 0 Å². The molecule has 0 aliphatic carbocycles. The Bertz CT molecular complexity index is 477. The summed E-state index contributed by atoms with van der Waals surface area (Å²) in [5.41, 5.74) is 9.24. The molecule has 1 fully saturated rings. The number of aryl methyl sites for hydroxylation is 2. The number of amides is 1. The molecule has 2 rings (SSSR count). The number of nitrogens with zero attached hydrogens (tertiary/aromatic N) is 1. The number of anilines is 1. The molecule has 0 atom stereocenters. The van der Waals surface area contributed by atoms with Crippen LogP contribution in [-0.4, -0.2) is 35.6 Å². The quantitative estimate of drug-likeness (QED) is 0.798. The number of benzene rings is 1. The highest BCUT2D eigenvalue weighted by atomic mass is 16.3. The van der Waals surface area contributed by atoms with Crippen molar-refractivity contribution in [2.75, 3.05) is 25.4 Å². The van der Waals surface area contributed by atoms with Crippen LogP contribution in [0.15, 0.2) is 12.1 Å². The number of likely N-dealkylation sites (tertiary alicyclic amines) is 1. The van der Waals surface area contributed by atoms with Gasteiger partial charge in [-0.05, 0) is 49.8 Å². The molecule has 0 saturated carbocycles. The van der Waals surface area contributed by atoms with Crippen LogP contribution in [0, 0.1) is 19.8 Å². The Morgan fingerprint density at radius 1 is 1.32 bits per heavy atom. The van der Waals surface area contributed by atoms with Crippen molar-refractivity contribution < 1.29 is 9.90 Å². The SMILES string of the molecule is Cc1cc(C)c(C(=O)N2CCC(CO)CC2)cc1N. The van der Waals surface area contributed by atoms with Crippen LogP contribution < -0.4 is 5.73 Å². The number of aliphatic hydroxyl groups excluding tert-OH is 1. The van der Waals surface area contributed by atoms with Crippen molar-refractivity contribution in [3.63, 3.8) is 0 Å². The van der Waals surface area contributed by atoms with E-state index in [1.807, 2.05) is 24.8 Å². The molecule has 19 heavy (non-hydrogen) atoms. The van der Waals surface area contributed by atoms with Gasteiger partial charge in [-0.15, -0.1) is 0 Å². The molecule has 0 bridgehead atoms. The van der Waals surface area contributed by atoms with E-state index in [0.717, 1.165) is 37.1 Å². The standard InChI is InChI=1S/C15H22N2O2/c1-10-7-11(2)14(16)8-13(10)15(19)17-5-3-12(9-18)4-6-17/h7-8,12,18H,3-6,9,16H2,1-2H3. The van der Waals surface area contributed by atoms with Gasteiger partial charge in [-0.25, -0.2) is 0 Å². The van der Waals surface area contributed by atoms with Gasteiger partial charge in [0.05, 0.1) is 0 Å². The summed E-state index contributed by atoms with van der Waals surface area (Å²) < 4.78 is 0. The van der Waals surface area contributed by atoms with Gasteiger partial charge < -0.3 is 15.7 Å². The molecule has 0 unspecified atom stereocenters. The van der Waals surface area contributed by atoms with E-state index in [-0.39, 0.29) is 12.5 Å². The summed E-state index contributed by atoms with van der Waals surface area (Å²) in [6.45, 7) is 5.55. The van der Waals surface area contributed by atoms with Crippen LogP contribution in [0.25, 0.3) is 0 Å². The fourth-order valence-corrected chi connectivity index (χ4v) is 2.59. The Balaban J connectivity index is 2.14. The van der Waals surface area contributed by atoms with Crippen LogP contribution in [0.2, 0.25) is 0 Å². The minimum Gasteiger partial charge on any atom is -0.398 e. The second-order valence-corrected chi connectivity index (χ2v) is 5.44. The second-order valence-electron chi connectivity index (χ2n) is 5.44. The van der Waals surface area contributed by atoms with E-state index in [2.05, 4.69) is 0 Å². The lowest BCUT2D eigenvalue weighted by molar-refractivity contribution is 0.0650. The number of hydrogen-bond acceptors (Lipinski definition) is 3. The van der Waals surface area contributed by atoms with E-state index in [0.29, 0.717) is 17.2 Å². The second kappa shape index (κ2) is 5.61. The number of carbonyl (C=O) groups excluding carboxylic acids is 1.